The lowest BCUT2D eigenvalue weighted by Crippen LogP contribution is -2.41. The van der Waals surface area contributed by atoms with Crippen molar-refractivity contribution in [3.63, 3.8) is 0 Å². The van der Waals surface area contributed by atoms with Gasteiger partial charge in [-0.25, -0.2) is 9.59 Å². The zero-order valence-electron chi connectivity index (χ0n) is 14.2. The predicted molar refractivity (Wildman–Crippen MR) is 87.8 cm³/mol. The molecule has 0 aliphatic carbocycles. The van der Waals surface area contributed by atoms with E-state index < -0.39 is 24.0 Å². The maximum atomic E-state index is 12.5. The Morgan fingerprint density at radius 1 is 1.24 bits per heavy atom. The molecule has 0 saturated carbocycles. The van der Waals surface area contributed by atoms with E-state index in [0.717, 1.165) is 0 Å². The number of imide groups is 1. The fourth-order valence-corrected chi connectivity index (χ4v) is 2.23. The number of urea groups is 1. The molecule has 2 N–H and O–H groups in total. The molecule has 0 fully saturated rings. The van der Waals surface area contributed by atoms with Crippen molar-refractivity contribution in [2.45, 2.75) is 26.4 Å². The molecule has 25 heavy (non-hydrogen) atoms. The molecule has 1 atom stereocenters. The van der Waals surface area contributed by atoms with Crippen LogP contribution in [-0.4, -0.2) is 30.1 Å². The molecule has 0 radical (unpaired) electrons. The number of hydrogen-bond acceptors (Lipinski definition) is 6. The van der Waals surface area contributed by atoms with Gasteiger partial charge in [0.2, 0.25) is 6.10 Å². The molecule has 2 rings (SSSR count). The predicted octanol–water partition coefficient (Wildman–Crippen LogP) is 1.90. The van der Waals surface area contributed by atoms with E-state index in [0.29, 0.717) is 23.4 Å². The van der Waals surface area contributed by atoms with Crippen molar-refractivity contribution >= 4 is 17.9 Å². The Morgan fingerprint density at radius 3 is 2.52 bits per heavy atom. The number of amides is 3. The zero-order valence-corrected chi connectivity index (χ0v) is 14.2. The van der Waals surface area contributed by atoms with Crippen LogP contribution in [0.25, 0.3) is 0 Å². The van der Waals surface area contributed by atoms with Gasteiger partial charge in [-0.2, -0.15) is 0 Å². The van der Waals surface area contributed by atoms with Gasteiger partial charge in [0, 0.05) is 12.6 Å². The maximum Gasteiger partial charge on any atom is 0.344 e. The molecular formula is C17H19N3O5. The summed E-state index contributed by atoms with van der Waals surface area (Å²) in [6.07, 6.45) is -0.813. The van der Waals surface area contributed by atoms with Crippen LogP contribution in [0.1, 0.15) is 40.4 Å². The minimum absolute atomic E-state index is 0.191. The average Bonchev–Trinajstić information content (AvgIpc) is 3.00. The molecule has 8 nitrogen and oxygen atoms in total. The van der Waals surface area contributed by atoms with Gasteiger partial charge in [-0.3, -0.25) is 10.1 Å². The van der Waals surface area contributed by atoms with Crippen molar-refractivity contribution in [2.24, 2.45) is 0 Å². The van der Waals surface area contributed by atoms with Crippen LogP contribution in [0.5, 0.6) is 0 Å². The Hall–Kier alpha value is -3.16. The van der Waals surface area contributed by atoms with Crippen LogP contribution in [0.2, 0.25) is 0 Å². The van der Waals surface area contributed by atoms with E-state index in [-0.39, 0.29) is 5.56 Å². The Balaban J connectivity index is 2.30. The van der Waals surface area contributed by atoms with Crippen molar-refractivity contribution in [2.75, 3.05) is 7.05 Å². The highest BCUT2D eigenvalue weighted by molar-refractivity contribution is 5.99. The Kier molecular flexibility index (Phi) is 5.89. The van der Waals surface area contributed by atoms with Crippen molar-refractivity contribution in [1.29, 1.82) is 0 Å². The number of aryl methyl sites for hydroxylation is 2. The first-order valence-corrected chi connectivity index (χ1v) is 7.71. The monoisotopic (exact) mass is 345 g/mol. The van der Waals surface area contributed by atoms with Crippen molar-refractivity contribution < 1.29 is 23.6 Å². The topological polar surface area (TPSA) is 111 Å². The summed E-state index contributed by atoms with van der Waals surface area (Å²) in [5.74, 6) is -1.19. The normalized spacial score (nSPS) is 11.5. The summed E-state index contributed by atoms with van der Waals surface area (Å²) in [7, 11) is 1.38. The second-order valence-corrected chi connectivity index (χ2v) is 5.18. The number of carbonyl (C=O) groups excluding carboxylic acids is 3. The molecule has 8 heteroatoms. The van der Waals surface area contributed by atoms with E-state index >= 15 is 0 Å². The van der Waals surface area contributed by atoms with Gasteiger partial charge in [-0.15, -0.1) is 0 Å². The highest BCUT2D eigenvalue weighted by atomic mass is 16.6. The largest absolute Gasteiger partial charge is 0.444 e. The van der Waals surface area contributed by atoms with Gasteiger partial charge in [0.1, 0.15) is 11.3 Å². The Bertz CT molecular complexity index is 770. The Labute approximate surface area is 144 Å². The fraction of sp³-hybridized carbons (Fsp3) is 0.294. The van der Waals surface area contributed by atoms with Gasteiger partial charge in [0.05, 0.1) is 5.69 Å². The van der Waals surface area contributed by atoms with Gasteiger partial charge in [-0.1, -0.05) is 42.4 Å². The summed E-state index contributed by atoms with van der Waals surface area (Å²) in [5, 5.41) is 8.19. The van der Waals surface area contributed by atoms with E-state index in [2.05, 4.69) is 15.8 Å². The number of carbonyl (C=O) groups is 3. The first-order chi connectivity index (χ1) is 12.0. The number of benzene rings is 1. The lowest BCUT2D eigenvalue weighted by Gasteiger charge is -2.17. The first kappa shape index (κ1) is 18.2. The van der Waals surface area contributed by atoms with Crippen LogP contribution in [0.3, 0.4) is 0 Å². The van der Waals surface area contributed by atoms with Gasteiger partial charge < -0.3 is 14.6 Å². The third-order valence-corrected chi connectivity index (χ3v) is 3.50. The molecule has 0 saturated heterocycles. The molecule has 0 bridgehead atoms. The summed E-state index contributed by atoms with van der Waals surface area (Å²) in [5.41, 5.74) is 1.07. The summed E-state index contributed by atoms with van der Waals surface area (Å²) in [4.78, 5) is 36.3. The zero-order chi connectivity index (χ0) is 18.4. The van der Waals surface area contributed by atoms with Crippen LogP contribution in [0.4, 0.5) is 4.79 Å². The van der Waals surface area contributed by atoms with E-state index in [1.165, 1.54) is 7.05 Å². The number of hydrogen-bond donors (Lipinski definition) is 2. The number of nitrogens with one attached hydrogen (secondary N) is 2. The lowest BCUT2D eigenvalue weighted by atomic mass is 10.1. The van der Waals surface area contributed by atoms with E-state index in [9.17, 15) is 14.4 Å². The van der Waals surface area contributed by atoms with Gasteiger partial charge in [0.15, 0.2) is 0 Å². The molecule has 132 valence electrons. The molecule has 1 aromatic carbocycles. The number of rotatable bonds is 5. The summed E-state index contributed by atoms with van der Waals surface area (Å²) < 4.78 is 10.4. The van der Waals surface area contributed by atoms with Gasteiger partial charge in [-0.05, 0) is 13.3 Å². The van der Waals surface area contributed by atoms with Crippen molar-refractivity contribution in [3.05, 3.63) is 52.9 Å². The highest BCUT2D eigenvalue weighted by Gasteiger charge is 2.29. The minimum Gasteiger partial charge on any atom is -0.444 e. The molecular weight excluding hydrogens is 326 g/mol. The fourth-order valence-electron chi connectivity index (χ4n) is 2.23. The third-order valence-electron chi connectivity index (χ3n) is 3.50. The van der Waals surface area contributed by atoms with Gasteiger partial charge in [0.25, 0.3) is 5.91 Å². The van der Waals surface area contributed by atoms with E-state index in [1.54, 1.807) is 37.3 Å². The third kappa shape index (κ3) is 4.23. The maximum absolute atomic E-state index is 12.5. The minimum atomic E-state index is -1.29. The van der Waals surface area contributed by atoms with Crippen LogP contribution < -0.4 is 10.6 Å². The molecule has 0 unspecified atom stereocenters. The molecule has 3 amide bonds. The number of nitrogens with zero attached hydrogens (tertiary/aromatic N) is 1. The standard InChI is InChI=1S/C17H19N3O5/c1-4-12-13(10(2)25-20-12)16(22)24-14(11-8-6-5-7-9-11)15(21)19-17(23)18-3/h5-9,14H,4H2,1-3H3,(H2,18,19,21,23)/t14-/m0/s1. The molecule has 0 aliphatic heterocycles. The van der Waals surface area contributed by atoms with Crippen molar-refractivity contribution in [1.82, 2.24) is 15.8 Å². The van der Waals surface area contributed by atoms with Crippen LogP contribution in [0, 0.1) is 6.92 Å². The number of esters is 1. The van der Waals surface area contributed by atoms with Gasteiger partial charge >= 0.3 is 12.0 Å². The Morgan fingerprint density at radius 2 is 1.92 bits per heavy atom. The van der Waals surface area contributed by atoms with Crippen LogP contribution >= 0.6 is 0 Å². The van der Waals surface area contributed by atoms with E-state index in [4.69, 9.17) is 9.26 Å². The number of aromatic nitrogens is 1. The second-order valence-electron chi connectivity index (χ2n) is 5.18. The second kappa shape index (κ2) is 8.09. The molecule has 0 spiro atoms. The molecule has 1 heterocycles. The molecule has 1 aromatic heterocycles. The average molecular weight is 345 g/mol. The van der Waals surface area contributed by atoms with Crippen LogP contribution in [-0.2, 0) is 16.0 Å². The van der Waals surface area contributed by atoms with Crippen molar-refractivity contribution in [3.8, 4) is 0 Å². The lowest BCUT2D eigenvalue weighted by molar-refractivity contribution is -0.129. The van der Waals surface area contributed by atoms with E-state index in [1.807, 2.05) is 6.92 Å². The molecule has 2 aromatic rings. The number of ether oxygens (including phenoxy) is 1. The van der Waals surface area contributed by atoms with Crippen LogP contribution in [0.15, 0.2) is 34.9 Å². The summed E-state index contributed by atoms with van der Waals surface area (Å²) >= 11 is 0. The summed E-state index contributed by atoms with van der Waals surface area (Å²) in [6, 6.07) is 7.72. The first-order valence-electron chi connectivity index (χ1n) is 7.71. The molecule has 0 aliphatic rings. The highest BCUT2D eigenvalue weighted by Crippen LogP contribution is 2.22. The SMILES string of the molecule is CCc1noc(C)c1C(=O)O[C@H](C(=O)NC(=O)NC)c1ccccc1. The summed E-state index contributed by atoms with van der Waals surface area (Å²) in [6.45, 7) is 3.41. The smallest absolute Gasteiger partial charge is 0.344 e. The quantitative estimate of drug-likeness (QED) is 0.801.